The van der Waals surface area contributed by atoms with Crippen molar-refractivity contribution in [2.24, 2.45) is 12.8 Å². The van der Waals surface area contributed by atoms with E-state index >= 15 is 0 Å². The number of aryl methyl sites for hydroxylation is 2. The summed E-state index contributed by atoms with van der Waals surface area (Å²) in [6, 6.07) is 3.85. The fourth-order valence-corrected chi connectivity index (χ4v) is 1.91. The highest BCUT2D eigenvalue weighted by Crippen LogP contribution is 2.19. The third-order valence-corrected chi connectivity index (χ3v) is 3.03. The quantitative estimate of drug-likeness (QED) is 0.779. The van der Waals surface area contributed by atoms with Gasteiger partial charge in [-0.3, -0.25) is 9.48 Å². The van der Waals surface area contributed by atoms with E-state index in [1.165, 1.54) is 16.9 Å². The zero-order valence-electron chi connectivity index (χ0n) is 11.7. The van der Waals surface area contributed by atoms with E-state index in [4.69, 9.17) is 10.8 Å². The molecule has 1 amide bonds. The van der Waals surface area contributed by atoms with Crippen LogP contribution in [0.25, 0.3) is 0 Å². The second-order valence-electron chi connectivity index (χ2n) is 4.77. The number of amides is 1. The zero-order chi connectivity index (χ0) is 15.6. The van der Waals surface area contributed by atoms with Crippen LogP contribution >= 0.6 is 0 Å². The van der Waals surface area contributed by atoms with Gasteiger partial charge in [-0.2, -0.15) is 5.10 Å². The maximum atomic E-state index is 12.1. The van der Waals surface area contributed by atoms with Crippen LogP contribution in [0.15, 0.2) is 30.6 Å². The molecule has 0 saturated heterocycles. The number of nitrogens with zero attached hydrogens (tertiary/aromatic N) is 2. The van der Waals surface area contributed by atoms with E-state index in [0.717, 1.165) is 5.56 Å². The van der Waals surface area contributed by atoms with Crippen LogP contribution in [0.1, 0.15) is 27.5 Å². The van der Waals surface area contributed by atoms with Crippen LogP contribution in [0.4, 0.5) is 5.69 Å². The van der Waals surface area contributed by atoms with Gasteiger partial charge in [0.1, 0.15) is 6.04 Å². The predicted octanol–water partition coefficient (Wildman–Crippen LogP) is 1.07. The summed E-state index contributed by atoms with van der Waals surface area (Å²) < 4.78 is 1.54. The van der Waals surface area contributed by atoms with Crippen molar-refractivity contribution in [3.05, 3.63) is 47.3 Å². The normalized spacial score (nSPS) is 12.0. The van der Waals surface area contributed by atoms with E-state index in [1.807, 2.05) is 0 Å². The molecule has 0 aliphatic rings. The number of anilines is 1. The molecular formula is C14H16N4O3. The van der Waals surface area contributed by atoms with Crippen LogP contribution in [0.2, 0.25) is 0 Å². The molecule has 1 heterocycles. The van der Waals surface area contributed by atoms with Crippen molar-refractivity contribution >= 4 is 17.6 Å². The minimum absolute atomic E-state index is 0.0294. The highest BCUT2D eigenvalue weighted by molar-refractivity contribution is 6.02. The highest BCUT2D eigenvalue weighted by Gasteiger charge is 2.20. The third kappa shape index (κ3) is 3.26. The molecule has 4 N–H and O–H groups in total. The number of carboxylic acids is 1. The molecule has 2 rings (SSSR count). The van der Waals surface area contributed by atoms with Gasteiger partial charge in [-0.05, 0) is 19.1 Å². The van der Waals surface area contributed by atoms with Crippen molar-refractivity contribution in [2.75, 3.05) is 5.32 Å². The lowest BCUT2D eigenvalue weighted by atomic mass is 10.1. The fraction of sp³-hybridized carbons (Fsp3) is 0.214. The standard InChI is InChI=1S/C14H16N4O3/c1-8-3-4-11(10(5-8)14(20)21)17-13(19)12(15)9-6-16-18(2)7-9/h3-7,12H,15H2,1-2H3,(H,17,19)(H,20,21). The molecule has 1 aromatic carbocycles. The van der Waals surface area contributed by atoms with E-state index in [2.05, 4.69) is 10.4 Å². The van der Waals surface area contributed by atoms with E-state index in [-0.39, 0.29) is 11.3 Å². The Hall–Kier alpha value is -2.67. The van der Waals surface area contributed by atoms with Crippen molar-refractivity contribution in [1.82, 2.24) is 9.78 Å². The molecule has 0 spiro atoms. The van der Waals surface area contributed by atoms with E-state index in [9.17, 15) is 9.59 Å². The first-order valence-corrected chi connectivity index (χ1v) is 6.27. The summed E-state index contributed by atoms with van der Waals surface area (Å²) in [5.74, 6) is -1.60. The zero-order valence-corrected chi connectivity index (χ0v) is 11.7. The van der Waals surface area contributed by atoms with Crippen LogP contribution in [0.5, 0.6) is 0 Å². The van der Waals surface area contributed by atoms with Crippen LogP contribution in [-0.2, 0) is 11.8 Å². The summed E-state index contributed by atoms with van der Waals surface area (Å²) in [5.41, 5.74) is 7.44. The minimum atomic E-state index is -1.11. The lowest BCUT2D eigenvalue weighted by Gasteiger charge is -2.13. The van der Waals surface area contributed by atoms with Gasteiger partial charge in [0.2, 0.25) is 5.91 Å². The number of carbonyl (C=O) groups is 2. The third-order valence-electron chi connectivity index (χ3n) is 3.03. The van der Waals surface area contributed by atoms with Crippen molar-refractivity contribution in [3.63, 3.8) is 0 Å². The summed E-state index contributed by atoms with van der Waals surface area (Å²) in [6.45, 7) is 1.78. The Labute approximate surface area is 121 Å². The van der Waals surface area contributed by atoms with Gasteiger partial charge in [-0.1, -0.05) is 11.6 Å². The Bertz CT molecular complexity index is 693. The summed E-state index contributed by atoms with van der Waals surface area (Å²) >= 11 is 0. The van der Waals surface area contributed by atoms with Gasteiger partial charge < -0.3 is 16.2 Å². The maximum absolute atomic E-state index is 12.1. The van der Waals surface area contributed by atoms with Crippen molar-refractivity contribution < 1.29 is 14.7 Å². The van der Waals surface area contributed by atoms with Gasteiger partial charge in [0.05, 0.1) is 17.4 Å². The molecule has 0 saturated carbocycles. The second kappa shape index (κ2) is 5.76. The molecule has 1 atom stereocenters. The number of rotatable bonds is 4. The molecule has 7 heteroatoms. The first kappa shape index (κ1) is 14.7. The second-order valence-corrected chi connectivity index (χ2v) is 4.77. The van der Waals surface area contributed by atoms with Crippen molar-refractivity contribution in [1.29, 1.82) is 0 Å². The fourth-order valence-electron chi connectivity index (χ4n) is 1.91. The number of aromatic nitrogens is 2. The van der Waals surface area contributed by atoms with Crippen LogP contribution in [0, 0.1) is 6.92 Å². The largest absolute Gasteiger partial charge is 0.478 e. The number of carboxylic acid groups (broad SMARTS) is 1. The van der Waals surface area contributed by atoms with E-state index in [1.54, 1.807) is 32.3 Å². The van der Waals surface area contributed by atoms with Gasteiger partial charge in [0, 0.05) is 18.8 Å². The van der Waals surface area contributed by atoms with Crippen LogP contribution in [-0.4, -0.2) is 26.8 Å². The lowest BCUT2D eigenvalue weighted by molar-refractivity contribution is -0.117. The number of carbonyl (C=O) groups excluding carboxylic acids is 1. The molecule has 110 valence electrons. The van der Waals surface area contributed by atoms with Crippen molar-refractivity contribution in [3.8, 4) is 0 Å². The van der Waals surface area contributed by atoms with Gasteiger partial charge in [0.25, 0.3) is 0 Å². The number of hydrogen-bond acceptors (Lipinski definition) is 4. The molecular weight excluding hydrogens is 272 g/mol. The van der Waals surface area contributed by atoms with Crippen LogP contribution < -0.4 is 11.1 Å². The molecule has 2 aromatic rings. The molecule has 1 aromatic heterocycles. The van der Waals surface area contributed by atoms with E-state index in [0.29, 0.717) is 5.56 Å². The summed E-state index contributed by atoms with van der Waals surface area (Å²) in [7, 11) is 1.72. The Morgan fingerprint density at radius 3 is 2.71 bits per heavy atom. The smallest absolute Gasteiger partial charge is 0.337 e. The molecule has 0 fully saturated rings. The molecule has 7 nitrogen and oxygen atoms in total. The van der Waals surface area contributed by atoms with Gasteiger partial charge in [-0.25, -0.2) is 4.79 Å². The molecule has 0 radical (unpaired) electrons. The molecule has 0 aliphatic carbocycles. The summed E-state index contributed by atoms with van der Waals surface area (Å²) in [4.78, 5) is 23.3. The summed E-state index contributed by atoms with van der Waals surface area (Å²) in [6.07, 6.45) is 3.13. The Kier molecular flexibility index (Phi) is 4.04. The van der Waals surface area contributed by atoms with Gasteiger partial charge in [0.15, 0.2) is 0 Å². The molecule has 0 aliphatic heterocycles. The molecule has 0 bridgehead atoms. The highest BCUT2D eigenvalue weighted by atomic mass is 16.4. The lowest BCUT2D eigenvalue weighted by Crippen LogP contribution is -2.28. The first-order valence-electron chi connectivity index (χ1n) is 6.27. The first-order chi connectivity index (χ1) is 9.88. The number of nitrogens with two attached hydrogens (primary N) is 1. The Balaban J connectivity index is 2.22. The topological polar surface area (TPSA) is 110 Å². The van der Waals surface area contributed by atoms with Gasteiger partial charge >= 0.3 is 5.97 Å². The number of nitrogens with one attached hydrogen (secondary N) is 1. The van der Waals surface area contributed by atoms with Gasteiger partial charge in [-0.15, -0.1) is 0 Å². The minimum Gasteiger partial charge on any atom is -0.478 e. The summed E-state index contributed by atoms with van der Waals surface area (Å²) in [5, 5.41) is 15.7. The Morgan fingerprint density at radius 1 is 1.43 bits per heavy atom. The average molecular weight is 288 g/mol. The number of aromatic carboxylic acids is 1. The van der Waals surface area contributed by atoms with E-state index < -0.39 is 17.9 Å². The average Bonchev–Trinajstić information content (AvgIpc) is 2.86. The molecule has 1 unspecified atom stereocenters. The SMILES string of the molecule is Cc1ccc(NC(=O)C(N)c2cnn(C)c2)c(C(=O)O)c1. The molecule has 21 heavy (non-hydrogen) atoms. The number of hydrogen-bond donors (Lipinski definition) is 3. The predicted molar refractivity (Wildman–Crippen MR) is 76.9 cm³/mol. The monoisotopic (exact) mass is 288 g/mol. The maximum Gasteiger partial charge on any atom is 0.337 e. The van der Waals surface area contributed by atoms with Crippen molar-refractivity contribution in [2.45, 2.75) is 13.0 Å². The number of benzene rings is 1. The van der Waals surface area contributed by atoms with Crippen LogP contribution in [0.3, 0.4) is 0 Å². The Morgan fingerprint density at radius 2 is 2.14 bits per heavy atom.